The van der Waals surface area contributed by atoms with E-state index in [9.17, 15) is 19.7 Å². The number of nitro groups is 1. The zero-order valence-corrected chi connectivity index (χ0v) is 21.0. The Labute approximate surface area is 216 Å². The number of thioether (sulfide) groups is 1. The predicted octanol–water partition coefficient (Wildman–Crippen LogP) is 1.39. The average Bonchev–Trinajstić information content (AvgIpc) is 3.59. The molecule has 2 aromatic rings. The van der Waals surface area contributed by atoms with Crippen LogP contribution in [0.4, 0.5) is 10.5 Å². The molecule has 14 nitrogen and oxygen atoms in total. The minimum absolute atomic E-state index is 0.00690. The first kappa shape index (κ1) is 26.9. The first-order valence-electron chi connectivity index (χ1n) is 12.2. The van der Waals surface area contributed by atoms with Gasteiger partial charge < -0.3 is 30.2 Å². The van der Waals surface area contributed by atoms with Crippen LogP contribution < -0.4 is 20.7 Å². The lowest BCUT2D eigenvalue weighted by Gasteiger charge is -2.16. The normalized spacial score (nSPS) is 20.4. The van der Waals surface area contributed by atoms with Crippen molar-refractivity contribution in [1.82, 2.24) is 26.3 Å². The minimum atomic E-state index is -0.562. The highest BCUT2D eigenvalue weighted by molar-refractivity contribution is 8.00. The molecule has 4 rings (SSSR count). The Kier molecular flexibility index (Phi) is 9.73. The molecule has 3 amide bonds. The summed E-state index contributed by atoms with van der Waals surface area (Å²) in [4.78, 5) is 33.8. The number of benzene rings is 1. The average molecular weight is 539 g/mol. The number of fused-ring (bicyclic) bond motifs is 2. The fraction of sp³-hybridized carbons (Fsp3) is 0.636. The maximum absolute atomic E-state index is 12.0. The van der Waals surface area contributed by atoms with E-state index in [2.05, 4.69) is 30.9 Å². The van der Waals surface area contributed by atoms with E-state index in [1.54, 1.807) is 0 Å². The van der Waals surface area contributed by atoms with Gasteiger partial charge in [-0.05, 0) is 29.2 Å². The third-order valence-electron chi connectivity index (χ3n) is 6.06. The molecule has 202 valence electrons. The smallest absolute Gasteiger partial charge is 0.315 e. The van der Waals surface area contributed by atoms with Crippen molar-refractivity contribution in [3.05, 3.63) is 22.2 Å². The van der Waals surface area contributed by atoms with Gasteiger partial charge >= 0.3 is 11.7 Å². The molecule has 1 aromatic carbocycles. The van der Waals surface area contributed by atoms with Gasteiger partial charge in [-0.1, -0.05) is 6.42 Å². The Hall–Kier alpha value is -3.17. The molecule has 3 atom stereocenters. The molecule has 3 N–H and O–H groups in total. The number of amides is 3. The Morgan fingerprint density at radius 3 is 2.76 bits per heavy atom. The fourth-order valence-corrected chi connectivity index (χ4v) is 5.80. The number of urea groups is 1. The van der Waals surface area contributed by atoms with E-state index in [0.29, 0.717) is 43.8 Å². The SMILES string of the molecule is O=C(CCCC[C@@H]1SC[C@@H]2NC(=O)N[C@@H]21)NCCOCCOCCOc1ccc([N+](=O)[O-])c2nonc12. The number of unbranched alkanes of at least 4 members (excludes halogenated alkanes) is 1. The molecule has 2 saturated heterocycles. The molecule has 3 heterocycles. The number of aromatic nitrogens is 2. The van der Waals surface area contributed by atoms with Gasteiger partial charge in [-0.25, -0.2) is 9.42 Å². The summed E-state index contributed by atoms with van der Waals surface area (Å²) in [5, 5.41) is 27.4. The first-order valence-corrected chi connectivity index (χ1v) is 13.2. The van der Waals surface area contributed by atoms with Gasteiger partial charge in [0.05, 0.1) is 43.4 Å². The van der Waals surface area contributed by atoms with Gasteiger partial charge in [0.15, 0.2) is 11.3 Å². The van der Waals surface area contributed by atoms with Crippen molar-refractivity contribution in [3.8, 4) is 5.75 Å². The first-order chi connectivity index (χ1) is 18.0. The van der Waals surface area contributed by atoms with Crippen LogP contribution in [0.15, 0.2) is 16.8 Å². The van der Waals surface area contributed by atoms with E-state index in [1.807, 2.05) is 11.8 Å². The van der Waals surface area contributed by atoms with Gasteiger partial charge in [0.1, 0.15) is 6.61 Å². The van der Waals surface area contributed by atoms with Crippen LogP contribution in [0.5, 0.6) is 5.75 Å². The number of ether oxygens (including phenoxy) is 3. The van der Waals surface area contributed by atoms with E-state index in [1.165, 1.54) is 12.1 Å². The van der Waals surface area contributed by atoms with Crippen molar-refractivity contribution < 1.29 is 33.4 Å². The zero-order chi connectivity index (χ0) is 26.0. The maximum atomic E-state index is 12.0. The number of nitrogens with one attached hydrogen (secondary N) is 3. The van der Waals surface area contributed by atoms with E-state index in [0.717, 1.165) is 25.0 Å². The highest BCUT2D eigenvalue weighted by Crippen LogP contribution is 2.33. The third-order valence-corrected chi connectivity index (χ3v) is 7.57. The molecule has 0 bridgehead atoms. The standard InChI is InChI=1S/C22H30N6O8S/c29-18(4-2-1-3-17-19-14(13-37-17)24-22(30)25-19)23-7-8-33-9-10-34-11-12-35-16-6-5-15(28(31)32)20-21(16)27-36-26-20/h5-6,14,17,19H,1-4,7-13H2,(H,23,29)(H2,24,25,30)/t14-,17-,19-/m0/s1. The molecule has 2 aliphatic heterocycles. The molecular formula is C22H30N6O8S. The quantitative estimate of drug-likeness (QED) is 0.122. The van der Waals surface area contributed by atoms with Gasteiger partial charge in [-0.3, -0.25) is 14.9 Å². The lowest BCUT2D eigenvalue weighted by molar-refractivity contribution is -0.383. The van der Waals surface area contributed by atoms with E-state index >= 15 is 0 Å². The Balaban J connectivity index is 0.963. The van der Waals surface area contributed by atoms with Gasteiger partial charge in [-0.15, -0.1) is 0 Å². The van der Waals surface area contributed by atoms with E-state index < -0.39 is 4.92 Å². The lowest BCUT2D eigenvalue weighted by Crippen LogP contribution is -2.36. The summed E-state index contributed by atoms with van der Waals surface area (Å²) in [6.07, 6.45) is 3.23. The molecular weight excluding hydrogens is 508 g/mol. The van der Waals surface area contributed by atoms with Gasteiger partial charge in [0.2, 0.25) is 11.4 Å². The van der Waals surface area contributed by atoms with Crippen molar-refractivity contribution in [2.45, 2.75) is 43.0 Å². The number of hydrogen-bond acceptors (Lipinski definition) is 11. The molecule has 0 spiro atoms. The number of rotatable bonds is 16. The van der Waals surface area contributed by atoms with Crippen LogP contribution >= 0.6 is 11.8 Å². The highest BCUT2D eigenvalue weighted by Gasteiger charge is 2.42. The number of nitro benzene ring substituents is 1. The summed E-state index contributed by atoms with van der Waals surface area (Å²) in [6.45, 7) is 2.05. The van der Waals surface area contributed by atoms with Gasteiger partial charge in [0.25, 0.3) is 0 Å². The molecule has 15 heteroatoms. The lowest BCUT2D eigenvalue weighted by atomic mass is 10.0. The molecule has 0 unspecified atom stereocenters. The number of non-ortho nitro benzene ring substituents is 1. The summed E-state index contributed by atoms with van der Waals surface area (Å²) < 4.78 is 21.0. The van der Waals surface area contributed by atoms with Crippen LogP contribution in [-0.2, 0) is 14.3 Å². The largest absolute Gasteiger partial charge is 0.489 e. The van der Waals surface area contributed by atoms with E-state index in [4.69, 9.17) is 14.2 Å². The van der Waals surface area contributed by atoms with Crippen LogP contribution in [0, 0.1) is 10.1 Å². The third kappa shape index (κ3) is 7.42. The molecule has 0 radical (unpaired) electrons. The van der Waals surface area contributed by atoms with Crippen molar-refractivity contribution in [1.29, 1.82) is 0 Å². The summed E-state index contributed by atoms with van der Waals surface area (Å²) in [6, 6.07) is 3.09. The number of carbonyl (C=O) groups excluding carboxylic acids is 2. The van der Waals surface area contributed by atoms with E-state index in [-0.39, 0.29) is 54.0 Å². The van der Waals surface area contributed by atoms with Crippen LogP contribution in [0.25, 0.3) is 11.0 Å². The highest BCUT2D eigenvalue weighted by atomic mass is 32.2. The summed E-state index contributed by atoms with van der Waals surface area (Å²) in [5.41, 5.74) is 0.00854. The molecule has 2 aliphatic rings. The summed E-state index contributed by atoms with van der Waals surface area (Å²) >= 11 is 1.88. The molecule has 1 aromatic heterocycles. The number of carbonyl (C=O) groups is 2. The second-order valence-corrected chi connectivity index (χ2v) is 9.86. The second-order valence-electron chi connectivity index (χ2n) is 8.59. The molecule has 2 fully saturated rings. The Bertz CT molecular complexity index is 1080. The second kappa shape index (κ2) is 13.4. The Morgan fingerprint density at radius 1 is 1.14 bits per heavy atom. The van der Waals surface area contributed by atoms with Crippen molar-refractivity contribution in [2.75, 3.05) is 45.3 Å². The number of nitrogens with zero attached hydrogens (tertiary/aromatic N) is 3. The van der Waals surface area contributed by atoms with Crippen LogP contribution in [0.2, 0.25) is 0 Å². The Morgan fingerprint density at radius 2 is 1.92 bits per heavy atom. The summed E-state index contributed by atoms with van der Waals surface area (Å²) in [5.74, 6) is 1.27. The summed E-state index contributed by atoms with van der Waals surface area (Å²) in [7, 11) is 0. The molecule has 0 saturated carbocycles. The van der Waals surface area contributed by atoms with Crippen LogP contribution in [0.1, 0.15) is 25.7 Å². The van der Waals surface area contributed by atoms with Gasteiger partial charge in [0, 0.05) is 30.0 Å². The minimum Gasteiger partial charge on any atom is -0.489 e. The fourth-order valence-electron chi connectivity index (χ4n) is 4.25. The van der Waals surface area contributed by atoms with Crippen LogP contribution in [0.3, 0.4) is 0 Å². The molecule has 0 aliphatic carbocycles. The zero-order valence-electron chi connectivity index (χ0n) is 20.2. The van der Waals surface area contributed by atoms with Crippen LogP contribution in [-0.4, -0.2) is 89.8 Å². The predicted molar refractivity (Wildman–Crippen MR) is 133 cm³/mol. The van der Waals surface area contributed by atoms with Crippen molar-refractivity contribution in [3.63, 3.8) is 0 Å². The molecule has 37 heavy (non-hydrogen) atoms. The topological polar surface area (TPSA) is 180 Å². The number of hydrogen-bond donors (Lipinski definition) is 3. The van der Waals surface area contributed by atoms with Crippen molar-refractivity contribution in [2.24, 2.45) is 0 Å². The van der Waals surface area contributed by atoms with Gasteiger partial charge in [-0.2, -0.15) is 11.8 Å². The van der Waals surface area contributed by atoms with Crippen molar-refractivity contribution >= 4 is 40.4 Å². The monoisotopic (exact) mass is 538 g/mol. The maximum Gasteiger partial charge on any atom is 0.315 e.